The van der Waals surface area contributed by atoms with Crippen molar-refractivity contribution in [3.63, 3.8) is 0 Å². The van der Waals surface area contributed by atoms with E-state index in [4.69, 9.17) is 0 Å². The smallest absolute Gasteiger partial charge is 0.123 e. The molecule has 18 heavy (non-hydrogen) atoms. The molecule has 1 nitrogen and oxygen atoms in total. The van der Waals surface area contributed by atoms with Crippen LogP contribution < -0.4 is 5.32 Å². The molecular weight excluding hydrogens is 225 g/mol. The van der Waals surface area contributed by atoms with Crippen molar-refractivity contribution in [2.45, 2.75) is 59.0 Å². The lowest BCUT2D eigenvalue weighted by atomic mass is 9.96. The van der Waals surface area contributed by atoms with E-state index in [0.29, 0.717) is 6.04 Å². The van der Waals surface area contributed by atoms with Crippen molar-refractivity contribution >= 4 is 0 Å². The summed E-state index contributed by atoms with van der Waals surface area (Å²) in [7, 11) is 0. The highest BCUT2D eigenvalue weighted by atomic mass is 19.1. The number of rotatable bonds is 7. The maximum absolute atomic E-state index is 12.9. The molecule has 0 spiro atoms. The molecule has 1 aromatic carbocycles. The van der Waals surface area contributed by atoms with Crippen LogP contribution in [0.3, 0.4) is 0 Å². The van der Waals surface area contributed by atoms with Crippen molar-refractivity contribution < 1.29 is 4.39 Å². The molecule has 0 aliphatic rings. The van der Waals surface area contributed by atoms with Crippen molar-refractivity contribution in [2.24, 2.45) is 5.92 Å². The minimum absolute atomic E-state index is 0.169. The third kappa shape index (κ3) is 4.77. The summed E-state index contributed by atoms with van der Waals surface area (Å²) in [5.74, 6) is 0.584. The number of halogens is 1. The maximum atomic E-state index is 12.9. The predicted molar refractivity (Wildman–Crippen MR) is 76.1 cm³/mol. The van der Waals surface area contributed by atoms with Gasteiger partial charge in [-0.25, -0.2) is 4.39 Å². The van der Waals surface area contributed by atoms with E-state index in [9.17, 15) is 4.39 Å². The van der Waals surface area contributed by atoms with Gasteiger partial charge in [0.25, 0.3) is 0 Å². The Morgan fingerprint density at radius 3 is 2.17 bits per heavy atom. The Kier molecular flexibility index (Phi) is 6.34. The Morgan fingerprint density at radius 2 is 1.67 bits per heavy atom. The summed E-state index contributed by atoms with van der Waals surface area (Å²) in [5.41, 5.74) is 1.15. The van der Waals surface area contributed by atoms with Crippen LogP contribution in [0.15, 0.2) is 24.3 Å². The Balaban J connectivity index is 2.56. The second kappa shape index (κ2) is 7.52. The summed E-state index contributed by atoms with van der Waals surface area (Å²) in [5, 5.41) is 3.65. The van der Waals surface area contributed by atoms with Gasteiger partial charge in [0.2, 0.25) is 0 Å². The van der Waals surface area contributed by atoms with Crippen molar-refractivity contribution in [3.05, 3.63) is 35.6 Å². The molecule has 0 aliphatic carbocycles. The highest BCUT2D eigenvalue weighted by Gasteiger charge is 2.14. The van der Waals surface area contributed by atoms with Crippen molar-refractivity contribution in [1.29, 1.82) is 0 Å². The zero-order valence-corrected chi connectivity index (χ0v) is 12.0. The van der Waals surface area contributed by atoms with Gasteiger partial charge in [-0.05, 0) is 43.4 Å². The maximum Gasteiger partial charge on any atom is 0.123 e. The van der Waals surface area contributed by atoms with Crippen LogP contribution in [0.25, 0.3) is 0 Å². The first kappa shape index (κ1) is 15.2. The van der Waals surface area contributed by atoms with Crippen molar-refractivity contribution in [3.8, 4) is 0 Å². The molecule has 3 atom stereocenters. The van der Waals surface area contributed by atoms with E-state index in [1.807, 2.05) is 12.1 Å². The molecule has 0 aromatic heterocycles. The summed E-state index contributed by atoms with van der Waals surface area (Å²) in [6.07, 6.45) is 3.57. The SMILES string of the molecule is CCC(C)CC(CC)N[C@@H](C)c1ccc(F)cc1. The molecule has 0 saturated carbocycles. The van der Waals surface area contributed by atoms with Gasteiger partial charge in [0.15, 0.2) is 0 Å². The van der Waals surface area contributed by atoms with Gasteiger partial charge in [-0.1, -0.05) is 39.3 Å². The molecule has 2 unspecified atom stereocenters. The van der Waals surface area contributed by atoms with E-state index in [2.05, 4.69) is 33.0 Å². The zero-order valence-electron chi connectivity index (χ0n) is 12.0. The molecule has 0 bridgehead atoms. The van der Waals surface area contributed by atoms with Crippen LogP contribution in [0.5, 0.6) is 0 Å². The minimum atomic E-state index is -0.169. The first-order valence-electron chi connectivity index (χ1n) is 7.08. The van der Waals surface area contributed by atoms with E-state index >= 15 is 0 Å². The van der Waals surface area contributed by atoms with Gasteiger partial charge in [0.1, 0.15) is 5.82 Å². The Bertz CT molecular complexity index is 333. The molecular formula is C16H26FN. The molecule has 0 fully saturated rings. The minimum Gasteiger partial charge on any atom is -0.307 e. The van der Waals surface area contributed by atoms with Crippen LogP contribution in [-0.4, -0.2) is 6.04 Å². The molecule has 1 rings (SSSR count). The van der Waals surface area contributed by atoms with Crippen LogP contribution in [0.4, 0.5) is 4.39 Å². The Hall–Kier alpha value is -0.890. The van der Waals surface area contributed by atoms with Crippen LogP contribution >= 0.6 is 0 Å². The number of benzene rings is 1. The van der Waals surface area contributed by atoms with Crippen molar-refractivity contribution in [1.82, 2.24) is 5.32 Å². The van der Waals surface area contributed by atoms with Gasteiger partial charge in [-0.15, -0.1) is 0 Å². The average Bonchev–Trinajstić information content (AvgIpc) is 2.38. The number of hydrogen-bond acceptors (Lipinski definition) is 1. The number of hydrogen-bond donors (Lipinski definition) is 1. The molecule has 1 aromatic rings. The van der Waals surface area contributed by atoms with E-state index in [1.54, 1.807) is 0 Å². The molecule has 0 amide bonds. The lowest BCUT2D eigenvalue weighted by Crippen LogP contribution is -2.32. The van der Waals surface area contributed by atoms with E-state index in [1.165, 1.54) is 25.0 Å². The van der Waals surface area contributed by atoms with Crippen molar-refractivity contribution in [2.75, 3.05) is 0 Å². The lowest BCUT2D eigenvalue weighted by molar-refractivity contribution is 0.359. The van der Waals surface area contributed by atoms with Crippen LogP contribution in [0.1, 0.15) is 58.6 Å². The first-order valence-corrected chi connectivity index (χ1v) is 7.08. The fraction of sp³-hybridized carbons (Fsp3) is 0.625. The largest absolute Gasteiger partial charge is 0.307 e. The van der Waals surface area contributed by atoms with Crippen LogP contribution in [0.2, 0.25) is 0 Å². The average molecular weight is 251 g/mol. The van der Waals surface area contributed by atoms with E-state index < -0.39 is 0 Å². The van der Waals surface area contributed by atoms with E-state index in [-0.39, 0.29) is 11.9 Å². The lowest BCUT2D eigenvalue weighted by Gasteiger charge is -2.25. The molecule has 2 heteroatoms. The highest BCUT2D eigenvalue weighted by molar-refractivity contribution is 5.19. The number of nitrogens with one attached hydrogen (secondary N) is 1. The predicted octanol–water partition coefficient (Wildman–Crippen LogP) is 4.69. The summed E-state index contributed by atoms with van der Waals surface area (Å²) < 4.78 is 12.9. The molecule has 102 valence electrons. The summed E-state index contributed by atoms with van der Waals surface area (Å²) in [4.78, 5) is 0. The van der Waals surface area contributed by atoms with Gasteiger partial charge in [-0.2, -0.15) is 0 Å². The van der Waals surface area contributed by atoms with Gasteiger partial charge >= 0.3 is 0 Å². The summed E-state index contributed by atoms with van der Waals surface area (Å²) in [6.45, 7) is 8.90. The van der Waals surface area contributed by atoms with Gasteiger partial charge < -0.3 is 5.32 Å². The summed E-state index contributed by atoms with van der Waals surface area (Å²) in [6, 6.07) is 7.61. The third-order valence-corrected chi connectivity index (χ3v) is 3.73. The zero-order chi connectivity index (χ0) is 13.5. The molecule has 0 radical (unpaired) electrons. The standard InChI is InChI=1S/C16H26FN/c1-5-12(3)11-16(6-2)18-13(4)14-7-9-15(17)10-8-14/h7-10,12-13,16,18H,5-6,11H2,1-4H3/t12?,13-,16?/m0/s1. The topological polar surface area (TPSA) is 12.0 Å². The van der Waals surface area contributed by atoms with E-state index in [0.717, 1.165) is 17.9 Å². The Labute approximate surface area is 111 Å². The Morgan fingerprint density at radius 1 is 1.06 bits per heavy atom. The second-order valence-corrected chi connectivity index (χ2v) is 5.29. The van der Waals surface area contributed by atoms with Crippen LogP contribution in [0, 0.1) is 11.7 Å². The first-order chi connectivity index (χ1) is 8.56. The molecule has 0 heterocycles. The molecule has 1 N–H and O–H groups in total. The third-order valence-electron chi connectivity index (χ3n) is 3.73. The van der Waals surface area contributed by atoms with Gasteiger partial charge in [0.05, 0.1) is 0 Å². The monoisotopic (exact) mass is 251 g/mol. The fourth-order valence-electron chi connectivity index (χ4n) is 2.21. The fourth-order valence-corrected chi connectivity index (χ4v) is 2.21. The van der Waals surface area contributed by atoms with Crippen LogP contribution in [-0.2, 0) is 0 Å². The quantitative estimate of drug-likeness (QED) is 0.741. The van der Waals surface area contributed by atoms with Gasteiger partial charge in [-0.3, -0.25) is 0 Å². The normalized spacial score (nSPS) is 16.3. The van der Waals surface area contributed by atoms with Gasteiger partial charge in [0, 0.05) is 12.1 Å². The second-order valence-electron chi connectivity index (χ2n) is 5.29. The molecule has 0 aliphatic heterocycles. The highest BCUT2D eigenvalue weighted by Crippen LogP contribution is 2.18. The molecule has 0 saturated heterocycles. The summed E-state index contributed by atoms with van der Waals surface area (Å²) >= 11 is 0.